The van der Waals surface area contributed by atoms with E-state index in [9.17, 15) is 13.5 Å². The fourth-order valence-corrected chi connectivity index (χ4v) is 3.86. The molecule has 1 atom stereocenters. The van der Waals surface area contributed by atoms with E-state index in [0.717, 1.165) is 15.6 Å². The molecule has 1 N–H and O–H groups in total. The van der Waals surface area contributed by atoms with E-state index in [2.05, 4.69) is 15.9 Å². The topological polar surface area (TPSA) is 54.4 Å². The van der Waals surface area contributed by atoms with Crippen molar-refractivity contribution in [1.82, 2.24) is 0 Å². The summed E-state index contributed by atoms with van der Waals surface area (Å²) < 4.78 is 25.5. The number of benzene rings is 2. The zero-order valence-electron chi connectivity index (χ0n) is 11.9. The molecule has 5 heteroatoms. The first-order valence-corrected chi connectivity index (χ1v) is 8.97. The van der Waals surface area contributed by atoms with Gasteiger partial charge in [0.05, 0.1) is 16.8 Å². The van der Waals surface area contributed by atoms with Gasteiger partial charge in [-0.25, -0.2) is 8.42 Å². The molecule has 0 saturated carbocycles. The molecule has 0 heterocycles. The third-order valence-corrected chi connectivity index (χ3v) is 5.45. The Kier molecular flexibility index (Phi) is 4.86. The highest BCUT2D eigenvalue weighted by Crippen LogP contribution is 2.23. The number of aryl methyl sites for hydroxylation is 2. The summed E-state index contributed by atoms with van der Waals surface area (Å²) in [6, 6.07) is 12.0. The third kappa shape index (κ3) is 4.15. The molecule has 2 aromatic rings. The predicted octanol–water partition coefficient (Wildman–Crippen LogP) is 3.57. The molecule has 0 amide bonds. The number of aliphatic hydroxyl groups is 1. The summed E-state index contributed by atoms with van der Waals surface area (Å²) in [6.45, 7) is 3.85. The molecule has 112 valence electrons. The van der Waals surface area contributed by atoms with E-state index in [1.807, 2.05) is 32.0 Å². The van der Waals surface area contributed by atoms with E-state index in [1.165, 1.54) is 12.1 Å². The van der Waals surface area contributed by atoms with Crippen molar-refractivity contribution in [2.24, 2.45) is 0 Å². The van der Waals surface area contributed by atoms with E-state index < -0.39 is 15.9 Å². The maximum Gasteiger partial charge on any atom is 0.181 e. The van der Waals surface area contributed by atoms with Gasteiger partial charge in [-0.15, -0.1) is 0 Å². The fraction of sp³-hybridized carbons (Fsp3) is 0.250. The Morgan fingerprint density at radius 1 is 1.05 bits per heavy atom. The molecule has 0 aliphatic carbocycles. The number of aliphatic hydroxyl groups excluding tert-OH is 1. The summed E-state index contributed by atoms with van der Waals surface area (Å²) >= 11 is 3.27. The molecule has 0 aliphatic rings. The zero-order chi connectivity index (χ0) is 15.6. The van der Waals surface area contributed by atoms with Gasteiger partial charge in [0, 0.05) is 4.47 Å². The molecular weight excluding hydrogens is 352 g/mol. The summed E-state index contributed by atoms with van der Waals surface area (Å²) in [5, 5.41) is 10.2. The Hall–Kier alpha value is -1.17. The van der Waals surface area contributed by atoms with Crippen LogP contribution in [0, 0.1) is 13.8 Å². The van der Waals surface area contributed by atoms with Crippen molar-refractivity contribution in [3.8, 4) is 0 Å². The van der Waals surface area contributed by atoms with Crippen molar-refractivity contribution in [1.29, 1.82) is 0 Å². The normalized spacial score (nSPS) is 13.1. The largest absolute Gasteiger partial charge is 0.387 e. The molecule has 0 saturated heterocycles. The molecule has 21 heavy (non-hydrogen) atoms. The average Bonchev–Trinajstić information content (AvgIpc) is 2.37. The Balaban J connectivity index is 2.25. The monoisotopic (exact) mass is 368 g/mol. The van der Waals surface area contributed by atoms with Crippen molar-refractivity contribution >= 4 is 25.8 Å². The van der Waals surface area contributed by atoms with E-state index in [4.69, 9.17) is 0 Å². The zero-order valence-corrected chi connectivity index (χ0v) is 14.3. The Labute approximate surface area is 133 Å². The van der Waals surface area contributed by atoms with Gasteiger partial charge < -0.3 is 5.11 Å². The lowest BCUT2D eigenvalue weighted by Crippen LogP contribution is -2.15. The minimum absolute atomic E-state index is 0.217. The number of hydrogen-bond acceptors (Lipinski definition) is 3. The molecule has 0 fully saturated rings. The van der Waals surface area contributed by atoms with Crippen LogP contribution >= 0.6 is 15.9 Å². The second-order valence-electron chi connectivity index (χ2n) is 5.17. The van der Waals surface area contributed by atoms with Gasteiger partial charge in [0.1, 0.15) is 0 Å². The summed E-state index contributed by atoms with van der Waals surface area (Å²) in [4.78, 5) is 0.217. The second kappa shape index (κ2) is 6.30. The number of sulfone groups is 1. The number of hydrogen-bond donors (Lipinski definition) is 1. The van der Waals surface area contributed by atoms with Crippen LogP contribution in [0.2, 0.25) is 0 Å². The third-order valence-electron chi connectivity index (χ3n) is 3.18. The molecule has 2 aromatic carbocycles. The van der Waals surface area contributed by atoms with Crippen molar-refractivity contribution in [3.63, 3.8) is 0 Å². The first kappa shape index (κ1) is 16.2. The molecular formula is C16H17BrO3S. The smallest absolute Gasteiger partial charge is 0.181 e. The minimum atomic E-state index is -3.52. The Morgan fingerprint density at radius 3 is 2.10 bits per heavy atom. The van der Waals surface area contributed by atoms with Crippen LogP contribution in [-0.4, -0.2) is 19.3 Å². The van der Waals surface area contributed by atoms with Crippen molar-refractivity contribution in [3.05, 3.63) is 63.6 Å². The van der Waals surface area contributed by atoms with Gasteiger partial charge in [0.15, 0.2) is 9.84 Å². The van der Waals surface area contributed by atoms with Crippen LogP contribution in [0.4, 0.5) is 0 Å². The van der Waals surface area contributed by atoms with Gasteiger partial charge in [-0.05, 0) is 43.7 Å². The van der Waals surface area contributed by atoms with Crippen molar-refractivity contribution in [2.75, 3.05) is 5.75 Å². The van der Waals surface area contributed by atoms with E-state index in [-0.39, 0.29) is 10.6 Å². The van der Waals surface area contributed by atoms with Gasteiger partial charge in [-0.2, -0.15) is 0 Å². The standard InChI is InChI=1S/C16H17BrO3S/c1-11-7-12(2)9-13(8-11)16(18)10-21(19,20)15-5-3-14(17)4-6-15/h3-9,16,18H,10H2,1-2H3. The van der Waals surface area contributed by atoms with Crippen LogP contribution in [0.3, 0.4) is 0 Å². The van der Waals surface area contributed by atoms with Crippen LogP contribution in [0.25, 0.3) is 0 Å². The maximum atomic E-state index is 12.3. The lowest BCUT2D eigenvalue weighted by Gasteiger charge is -2.13. The van der Waals surface area contributed by atoms with Gasteiger partial charge in [-0.3, -0.25) is 0 Å². The van der Waals surface area contributed by atoms with Crippen LogP contribution in [0.5, 0.6) is 0 Å². The van der Waals surface area contributed by atoms with Crippen molar-refractivity contribution in [2.45, 2.75) is 24.8 Å². The molecule has 0 bridgehead atoms. The summed E-state index contributed by atoms with van der Waals surface area (Å²) in [5.74, 6) is -0.322. The lowest BCUT2D eigenvalue weighted by atomic mass is 10.0. The quantitative estimate of drug-likeness (QED) is 0.897. The van der Waals surface area contributed by atoms with Gasteiger partial charge >= 0.3 is 0 Å². The fourth-order valence-electron chi connectivity index (χ4n) is 2.24. The SMILES string of the molecule is Cc1cc(C)cc(C(O)CS(=O)(=O)c2ccc(Br)cc2)c1. The lowest BCUT2D eigenvalue weighted by molar-refractivity contribution is 0.201. The molecule has 3 nitrogen and oxygen atoms in total. The highest BCUT2D eigenvalue weighted by molar-refractivity contribution is 9.10. The second-order valence-corrected chi connectivity index (χ2v) is 8.12. The maximum absolute atomic E-state index is 12.3. The summed E-state index contributed by atoms with van der Waals surface area (Å²) in [5.41, 5.74) is 2.64. The number of rotatable bonds is 4. The summed E-state index contributed by atoms with van der Waals surface area (Å²) in [7, 11) is -3.52. The first-order valence-electron chi connectivity index (χ1n) is 6.52. The number of halogens is 1. The highest BCUT2D eigenvalue weighted by Gasteiger charge is 2.21. The van der Waals surface area contributed by atoms with Crippen LogP contribution < -0.4 is 0 Å². The van der Waals surface area contributed by atoms with Crippen LogP contribution in [0.1, 0.15) is 22.8 Å². The van der Waals surface area contributed by atoms with Crippen LogP contribution in [-0.2, 0) is 9.84 Å². The predicted molar refractivity (Wildman–Crippen MR) is 87.1 cm³/mol. The Morgan fingerprint density at radius 2 is 1.57 bits per heavy atom. The van der Waals surface area contributed by atoms with E-state index in [1.54, 1.807) is 12.1 Å². The van der Waals surface area contributed by atoms with Gasteiger partial charge in [0.25, 0.3) is 0 Å². The van der Waals surface area contributed by atoms with Crippen LogP contribution in [0.15, 0.2) is 51.8 Å². The molecule has 0 aromatic heterocycles. The van der Waals surface area contributed by atoms with Gasteiger partial charge in [-0.1, -0.05) is 45.3 Å². The van der Waals surface area contributed by atoms with E-state index in [0.29, 0.717) is 5.56 Å². The molecule has 2 rings (SSSR count). The van der Waals surface area contributed by atoms with Crippen molar-refractivity contribution < 1.29 is 13.5 Å². The highest BCUT2D eigenvalue weighted by atomic mass is 79.9. The average molecular weight is 369 g/mol. The first-order chi connectivity index (χ1) is 9.78. The molecule has 0 spiro atoms. The Bertz CT molecular complexity index is 716. The summed E-state index contributed by atoms with van der Waals surface area (Å²) in [6.07, 6.45) is -1.03. The minimum Gasteiger partial charge on any atom is -0.387 e. The molecule has 1 unspecified atom stereocenters. The molecule has 0 radical (unpaired) electrons. The van der Waals surface area contributed by atoms with E-state index >= 15 is 0 Å². The molecule has 0 aliphatic heterocycles. The van der Waals surface area contributed by atoms with Gasteiger partial charge in [0.2, 0.25) is 0 Å².